The summed E-state index contributed by atoms with van der Waals surface area (Å²) >= 11 is 2.16. The molecule has 3 amide bonds. The first-order chi connectivity index (χ1) is 18.2. The molecule has 2 aromatic heterocycles. The number of allylic oxidation sites excluding steroid dienone is 2. The maximum Gasteiger partial charge on any atom is 0.278 e. The van der Waals surface area contributed by atoms with Crippen LogP contribution in [0.1, 0.15) is 16.2 Å². The molecule has 0 aliphatic carbocycles. The van der Waals surface area contributed by atoms with E-state index < -0.39 is 29.2 Å². The second kappa shape index (κ2) is 11.4. The Labute approximate surface area is 224 Å². The first-order valence-corrected chi connectivity index (χ1v) is 12.9. The van der Waals surface area contributed by atoms with Gasteiger partial charge in [0.05, 0.1) is 17.2 Å². The number of carbonyl (C=O) groups is 4. The van der Waals surface area contributed by atoms with E-state index in [2.05, 4.69) is 25.1 Å². The van der Waals surface area contributed by atoms with Crippen molar-refractivity contribution >= 4 is 57.8 Å². The van der Waals surface area contributed by atoms with Gasteiger partial charge in [0, 0.05) is 36.5 Å². The van der Waals surface area contributed by atoms with E-state index in [1.165, 1.54) is 18.9 Å². The average molecular weight is 559 g/mol. The normalized spacial score (nSPS) is 19.2. The Hall–Kier alpha value is -4.31. The third-order valence-electron chi connectivity index (χ3n) is 5.54. The van der Waals surface area contributed by atoms with Crippen molar-refractivity contribution in [2.75, 3.05) is 25.6 Å². The summed E-state index contributed by atoms with van der Waals surface area (Å²) < 4.78 is 5.73. The molecular weight excluding hydrogens is 536 g/mol. The predicted octanol–water partition coefficient (Wildman–Crippen LogP) is -2.22. The molecule has 198 valence electrons. The largest absolute Gasteiger partial charge is 0.543 e. The van der Waals surface area contributed by atoms with Gasteiger partial charge in [0.25, 0.3) is 17.7 Å². The van der Waals surface area contributed by atoms with Crippen molar-refractivity contribution in [3.05, 3.63) is 59.3 Å². The van der Waals surface area contributed by atoms with Gasteiger partial charge in [-0.3, -0.25) is 19.3 Å². The number of nitrogens with one attached hydrogen (secondary N) is 2. The fourth-order valence-corrected chi connectivity index (χ4v) is 5.52. The van der Waals surface area contributed by atoms with Crippen molar-refractivity contribution < 1.29 is 33.7 Å². The summed E-state index contributed by atoms with van der Waals surface area (Å²) in [5.74, 6) is -2.88. The molecule has 2 atom stereocenters. The van der Waals surface area contributed by atoms with Crippen molar-refractivity contribution in [1.29, 1.82) is 0 Å². The Kier molecular flexibility index (Phi) is 8.02. The van der Waals surface area contributed by atoms with Crippen molar-refractivity contribution in [2.24, 2.45) is 5.16 Å². The number of hydrogen-bond donors (Lipinski definition) is 3. The molecular formula is C22H22N8O6S2. The summed E-state index contributed by atoms with van der Waals surface area (Å²) in [5, 5.41) is 20.2. The SMILES string of the molecule is CNC(=O)c1cc[n+](CC=CC2=C(C(=O)[O-])N3C(=O)C(NC(=O)C(=NOC)c4nsc(N)n4)[C@@H]3SC2)cc1. The second-order valence-electron chi connectivity index (χ2n) is 7.87. The smallest absolute Gasteiger partial charge is 0.278 e. The number of carboxylic acids is 1. The third-order valence-corrected chi connectivity index (χ3v) is 7.39. The molecule has 0 spiro atoms. The van der Waals surface area contributed by atoms with E-state index in [9.17, 15) is 24.3 Å². The lowest BCUT2D eigenvalue weighted by Crippen LogP contribution is -2.71. The third kappa shape index (κ3) is 5.35. The Morgan fingerprint density at radius 2 is 2.11 bits per heavy atom. The van der Waals surface area contributed by atoms with Crippen LogP contribution in [0.25, 0.3) is 0 Å². The summed E-state index contributed by atoms with van der Waals surface area (Å²) in [6.45, 7) is 0.398. The van der Waals surface area contributed by atoms with Gasteiger partial charge >= 0.3 is 0 Å². The van der Waals surface area contributed by atoms with E-state index in [1.807, 2.05) is 0 Å². The molecule has 4 rings (SSSR count). The number of thioether (sulfide) groups is 1. The summed E-state index contributed by atoms with van der Waals surface area (Å²) in [5.41, 5.74) is 5.96. The molecule has 38 heavy (non-hydrogen) atoms. The molecule has 4 N–H and O–H groups in total. The van der Waals surface area contributed by atoms with E-state index >= 15 is 0 Å². The molecule has 2 aromatic rings. The number of carboxylic acid groups (broad SMARTS) is 1. The first-order valence-electron chi connectivity index (χ1n) is 11.0. The fraction of sp³-hybridized carbons (Fsp3) is 0.273. The van der Waals surface area contributed by atoms with Crippen LogP contribution in [0, 0.1) is 0 Å². The molecule has 0 saturated carbocycles. The molecule has 1 unspecified atom stereocenters. The molecule has 0 radical (unpaired) electrons. The van der Waals surface area contributed by atoms with Crippen molar-refractivity contribution in [2.45, 2.75) is 18.0 Å². The van der Waals surface area contributed by atoms with Crippen molar-refractivity contribution in [1.82, 2.24) is 24.9 Å². The minimum atomic E-state index is -1.50. The summed E-state index contributed by atoms with van der Waals surface area (Å²) in [6.07, 6.45) is 6.80. The quantitative estimate of drug-likeness (QED) is 0.131. The Morgan fingerprint density at radius 1 is 1.37 bits per heavy atom. The number of aliphatic carboxylic acids is 1. The molecule has 16 heteroatoms. The van der Waals surface area contributed by atoms with Gasteiger partial charge in [-0.2, -0.15) is 9.36 Å². The first kappa shape index (κ1) is 26.7. The standard InChI is InChI=1S/C22H22N8O6S2/c1-24-17(31)11-5-8-29(9-6-11)7-3-4-12-10-37-20-14(19(33)30(20)15(12)21(34)35)25-18(32)13(27-36-2)16-26-22(23)38-28-16/h3-6,8-9,14,20H,7,10H2,1-2H3,(H4-,23,24,25,26,28,31,32,34,35)/t14?,20-/m0/s1. The van der Waals surface area contributed by atoms with Gasteiger partial charge in [-0.1, -0.05) is 11.2 Å². The highest BCUT2D eigenvalue weighted by Crippen LogP contribution is 2.40. The topological polar surface area (TPSA) is 196 Å². The van der Waals surface area contributed by atoms with Crippen LogP contribution in [0.4, 0.5) is 5.13 Å². The summed E-state index contributed by atoms with van der Waals surface area (Å²) in [4.78, 5) is 59.1. The number of hydrogen-bond acceptors (Lipinski definition) is 12. The minimum Gasteiger partial charge on any atom is -0.543 e. The highest BCUT2D eigenvalue weighted by molar-refractivity contribution is 8.00. The second-order valence-corrected chi connectivity index (χ2v) is 9.75. The highest BCUT2D eigenvalue weighted by Gasteiger charge is 2.53. The van der Waals surface area contributed by atoms with Crippen LogP contribution in [0.2, 0.25) is 0 Å². The molecule has 4 heterocycles. The lowest BCUT2D eigenvalue weighted by molar-refractivity contribution is -0.687. The summed E-state index contributed by atoms with van der Waals surface area (Å²) in [6, 6.07) is 2.32. The maximum atomic E-state index is 12.9. The number of nitrogens with two attached hydrogens (primary N) is 1. The number of nitrogen functional groups attached to an aromatic ring is 1. The van der Waals surface area contributed by atoms with Crippen LogP contribution in [-0.2, 0) is 25.8 Å². The van der Waals surface area contributed by atoms with Gasteiger partial charge in [0.15, 0.2) is 24.1 Å². The van der Waals surface area contributed by atoms with Crippen molar-refractivity contribution in [3.63, 3.8) is 0 Å². The van der Waals surface area contributed by atoms with Crippen LogP contribution >= 0.6 is 23.3 Å². The predicted molar refractivity (Wildman–Crippen MR) is 134 cm³/mol. The summed E-state index contributed by atoms with van der Waals surface area (Å²) in [7, 11) is 2.78. The van der Waals surface area contributed by atoms with E-state index in [1.54, 1.807) is 48.3 Å². The number of rotatable bonds is 9. The zero-order valence-electron chi connectivity index (χ0n) is 20.1. The molecule has 0 aromatic carbocycles. The van der Waals surface area contributed by atoms with Gasteiger partial charge in [-0.05, 0) is 11.6 Å². The zero-order valence-corrected chi connectivity index (χ0v) is 21.7. The van der Waals surface area contributed by atoms with Crippen LogP contribution < -0.4 is 26.0 Å². The number of oxime groups is 1. The maximum absolute atomic E-state index is 12.9. The molecule has 14 nitrogen and oxygen atoms in total. The number of β-lactam (4-membered cyclic amide) rings is 1. The fourth-order valence-electron chi connectivity index (χ4n) is 3.77. The monoisotopic (exact) mass is 558 g/mol. The van der Waals surface area contributed by atoms with Crippen LogP contribution in [0.3, 0.4) is 0 Å². The van der Waals surface area contributed by atoms with Gasteiger partial charge < -0.3 is 31.1 Å². The Balaban J connectivity index is 1.46. The molecule has 1 saturated heterocycles. The Bertz CT molecular complexity index is 1370. The highest BCUT2D eigenvalue weighted by atomic mass is 32.2. The van der Waals surface area contributed by atoms with E-state index in [-0.39, 0.29) is 34.0 Å². The zero-order chi connectivity index (χ0) is 27.4. The molecule has 1 fully saturated rings. The Morgan fingerprint density at radius 3 is 2.71 bits per heavy atom. The number of pyridine rings is 1. The molecule has 0 bridgehead atoms. The van der Waals surface area contributed by atoms with Crippen LogP contribution in [0.5, 0.6) is 0 Å². The van der Waals surface area contributed by atoms with Gasteiger partial charge in [-0.15, -0.1) is 11.8 Å². The average Bonchev–Trinajstić information content (AvgIpc) is 3.35. The van der Waals surface area contributed by atoms with Gasteiger partial charge in [0.1, 0.15) is 18.5 Å². The lowest BCUT2D eigenvalue weighted by atomic mass is 10.0. The van der Waals surface area contributed by atoms with Crippen LogP contribution in [-0.4, -0.2) is 75.0 Å². The van der Waals surface area contributed by atoms with Crippen molar-refractivity contribution in [3.8, 4) is 0 Å². The number of amides is 3. The minimum absolute atomic E-state index is 0.0596. The van der Waals surface area contributed by atoms with E-state index in [4.69, 9.17) is 10.6 Å². The van der Waals surface area contributed by atoms with E-state index in [0.29, 0.717) is 17.7 Å². The number of carbonyl (C=O) groups excluding carboxylic acids is 4. The van der Waals surface area contributed by atoms with Crippen LogP contribution in [0.15, 0.2) is 53.1 Å². The van der Waals surface area contributed by atoms with E-state index in [0.717, 1.165) is 16.4 Å². The number of fused-ring (bicyclic) bond motifs is 1. The van der Waals surface area contributed by atoms with Gasteiger partial charge in [0.2, 0.25) is 11.5 Å². The van der Waals surface area contributed by atoms with Gasteiger partial charge in [-0.25, -0.2) is 4.57 Å². The number of aromatic nitrogens is 3. The lowest BCUT2D eigenvalue weighted by Gasteiger charge is -2.50. The molecule has 2 aliphatic rings. The number of nitrogens with zero attached hydrogens (tertiary/aromatic N) is 5. The molecule has 2 aliphatic heterocycles. The number of anilines is 1.